The Labute approximate surface area is 183 Å². The molecule has 1 heterocycles. The van der Waals surface area contributed by atoms with Crippen LogP contribution in [0.25, 0.3) is 38.6 Å². The number of rotatable bonds is 6. The quantitative estimate of drug-likeness (QED) is 0.264. The van der Waals surface area contributed by atoms with Gasteiger partial charge in [0, 0.05) is 16.5 Å². The second kappa shape index (κ2) is 8.16. The molecule has 0 N–H and O–H groups in total. The monoisotopic (exact) mass is 403 g/mol. The van der Waals surface area contributed by atoms with Crippen molar-refractivity contribution in [2.45, 2.75) is 19.4 Å². The minimum absolute atomic E-state index is 0.0458. The Morgan fingerprint density at radius 2 is 1.42 bits per heavy atom. The molecule has 0 aliphatic rings. The Morgan fingerprint density at radius 3 is 2.03 bits per heavy atom. The van der Waals surface area contributed by atoms with E-state index in [1.54, 1.807) is 0 Å². The maximum Gasteiger partial charge on any atom is 0.120 e. The fourth-order valence-electron chi connectivity index (χ4n) is 4.22. The lowest BCUT2D eigenvalue weighted by molar-refractivity contribution is 0.245. The van der Waals surface area contributed by atoms with E-state index >= 15 is 0 Å². The van der Waals surface area contributed by atoms with Gasteiger partial charge in [0.25, 0.3) is 0 Å². The van der Waals surface area contributed by atoms with Gasteiger partial charge in [-0.2, -0.15) is 0 Å². The molecule has 0 amide bonds. The fourth-order valence-corrected chi connectivity index (χ4v) is 4.22. The Balaban J connectivity index is 1.57. The predicted octanol–water partition coefficient (Wildman–Crippen LogP) is 7.79. The largest absolute Gasteiger partial charge is 0.486 e. The molecule has 5 rings (SSSR count). The van der Waals surface area contributed by atoms with Gasteiger partial charge in [0.05, 0.1) is 11.0 Å². The maximum atomic E-state index is 5.96. The molecule has 2 nitrogen and oxygen atoms in total. The molecule has 0 saturated heterocycles. The summed E-state index contributed by atoms with van der Waals surface area (Å²) in [6.07, 6.45) is 2.80. The highest BCUT2D eigenvalue weighted by atomic mass is 16.5. The third-order valence-electron chi connectivity index (χ3n) is 5.82. The Morgan fingerprint density at radius 1 is 0.774 bits per heavy atom. The van der Waals surface area contributed by atoms with Crippen molar-refractivity contribution in [1.29, 1.82) is 0 Å². The third kappa shape index (κ3) is 3.51. The molecule has 0 saturated carbocycles. The Hall–Kier alpha value is -3.78. The molecule has 0 radical (unpaired) electrons. The SMILES string of the molecule is C=CC(CC)Oc1ccc(-c2cccc(-n3c4ccccc4c4ccccc43)c2)cc1. The van der Waals surface area contributed by atoms with Crippen LogP contribution < -0.4 is 4.74 Å². The van der Waals surface area contributed by atoms with Gasteiger partial charge in [-0.1, -0.05) is 80.2 Å². The summed E-state index contributed by atoms with van der Waals surface area (Å²) in [4.78, 5) is 0. The van der Waals surface area contributed by atoms with Gasteiger partial charge in [0.1, 0.15) is 11.9 Å². The lowest BCUT2D eigenvalue weighted by atomic mass is 10.0. The number of hydrogen-bond donors (Lipinski definition) is 0. The van der Waals surface area contributed by atoms with Crippen LogP contribution in [-0.2, 0) is 0 Å². The highest BCUT2D eigenvalue weighted by Gasteiger charge is 2.12. The zero-order chi connectivity index (χ0) is 21.2. The van der Waals surface area contributed by atoms with Crippen molar-refractivity contribution < 1.29 is 4.74 Å². The minimum Gasteiger partial charge on any atom is -0.486 e. The van der Waals surface area contributed by atoms with Crippen LogP contribution in [0, 0.1) is 0 Å². The molecule has 0 bridgehead atoms. The van der Waals surface area contributed by atoms with Gasteiger partial charge >= 0.3 is 0 Å². The van der Waals surface area contributed by atoms with Crippen molar-refractivity contribution in [2.75, 3.05) is 0 Å². The molecule has 2 heteroatoms. The van der Waals surface area contributed by atoms with Crippen LogP contribution in [0.2, 0.25) is 0 Å². The first-order chi connectivity index (χ1) is 15.3. The smallest absolute Gasteiger partial charge is 0.120 e. The van der Waals surface area contributed by atoms with Gasteiger partial charge in [0.15, 0.2) is 0 Å². The predicted molar refractivity (Wildman–Crippen MR) is 131 cm³/mol. The molecule has 1 aromatic heterocycles. The molecule has 152 valence electrons. The first-order valence-corrected chi connectivity index (χ1v) is 10.8. The standard InChI is InChI=1S/C29H25NO/c1-3-24(4-2)31-25-18-16-21(17-19-25)22-10-9-11-23(20-22)30-28-14-7-5-12-26(28)27-13-6-8-15-29(27)30/h3,5-20,24H,1,4H2,2H3. The summed E-state index contributed by atoms with van der Waals surface area (Å²) >= 11 is 0. The summed E-state index contributed by atoms with van der Waals surface area (Å²) in [6.45, 7) is 5.94. The molecule has 4 aromatic carbocycles. The fraction of sp³-hybridized carbons (Fsp3) is 0.103. The van der Waals surface area contributed by atoms with Crippen molar-refractivity contribution in [3.8, 4) is 22.6 Å². The number of fused-ring (bicyclic) bond motifs is 3. The molecule has 0 aliphatic heterocycles. The molecule has 0 aliphatic carbocycles. The van der Waals surface area contributed by atoms with Crippen molar-refractivity contribution in [3.05, 3.63) is 110 Å². The van der Waals surface area contributed by atoms with E-state index in [0.29, 0.717) is 0 Å². The van der Waals surface area contributed by atoms with Crippen LogP contribution in [0.1, 0.15) is 13.3 Å². The van der Waals surface area contributed by atoms with Crippen LogP contribution in [0.3, 0.4) is 0 Å². The molecule has 0 fully saturated rings. The summed E-state index contributed by atoms with van der Waals surface area (Å²) in [7, 11) is 0. The summed E-state index contributed by atoms with van der Waals surface area (Å²) in [5.41, 5.74) is 5.95. The summed E-state index contributed by atoms with van der Waals surface area (Å²) < 4.78 is 8.31. The topological polar surface area (TPSA) is 14.2 Å². The normalized spacial score (nSPS) is 12.2. The number of nitrogens with zero attached hydrogens (tertiary/aromatic N) is 1. The lowest BCUT2D eigenvalue weighted by Crippen LogP contribution is -2.11. The Bertz CT molecular complexity index is 1310. The highest BCUT2D eigenvalue weighted by Crippen LogP contribution is 2.33. The number of ether oxygens (including phenoxy) is 1. The number of hydrogen-bond acceptors (Lipinski definition) is 1. The molecule has 31 heavy (non-hydrogen) atoms. The van der Waals surface area contributed by atoms with Gasteiger partial charge in [0.2, 0.25) is 0 Å². The van der Waals surface area contributed by atoms with Crippen LogP contribution in [0.5, 0.6) is 5.75 Å². The van der Waals surface area contributed by atoms with E-state index in [0.717, 1.165) is 17.9 Å². The van der Waals surface area contributed by atoms with Gasteiger partial charge in [-0.3, -0.25) is 0 Å². The van der Waals surface area contributed by atoms with E-state index in [1.807, 2.05) is 18.2 Å². The molecule has 5 aromatic rings. The number of benzene rings is 4. The zero-order valence-electron chi connectivity index (χ0n) is 17.7. The summed E-state index contributed by atoms with van der Waals surface area (Å²) in [5.74, 6) is 0.869. The van der Waals surface area contributed by atoms with E-state index in [-0.39, 0.29) is 6.10 Å². The molecule has 1 unspecified atom stereocenters. The molecular weight excluding hydrogens is 378 g/mol. The summed E-state index contributed by atoms with van der Waals surface area (Å²) in [6, 6.07) is 34.2. The van der Waals surface area contributed by atoms with Crippen LogP contribution in [-0.4, -0.2) is 10.7 Å². The van der Waals surface area contributed by atoms with Crippen LogP contribution in [0.15, 0.2) is 110 Å². The van der Waals surface area contributed by atoms with Gasteiger partial charge < -0.3 is 9.30 Å². The minimum atomic E-state index is 0.0458. The van der Waals surface area contributed by atoms with Gasteiger partial charge in [-0.25, -0.2) is 0 Å². The molecule has 1 atom stereocenters. The number of para-hydroxylation sites is 2. The van der Waals surface area contributed by atoms with Crippen molar-refractivity contribution >= 4 is 21.8 Å². The van der Waals surface area contributed by atoms with Crippen molar-refractivity contribution in [1.82, 2.24) is 4.57 Å². The van der Waals surface area contributed by atoms with E-state index in [9.17, 15) is 0 Å². The second-order valence-corrected chi connectivity index (χ2v) is 7.74. The highest BCUT2D eigenvalue weighted by molar-refractivity contribution is 6.09. The van der Waals surface area contributed by atoms with E-state index in [1.165, 1.54) is 32.9 Å². The zero-order valence-corrected chi connectivity index (χ0v) is 17.7. The first kappa shape index (κ1) is 19.2. The molecule has 0 spiro atoms. The average Bonchev–Trinajstić information content (AvgIpc) is 3.17. The van der Waals surface area contributed by atoms with E-state index < -0.39 is 0 Å². The van der Waals surface area contributed by atoms with Gasteiger partial charge in [-0.15, -0.1) is 0 Å². The van der Waals surface area contributed by atoms with E-state index in [2.05, 4.69) is 103 Å². The maximum absolute atomic E-state index is 5.96. The Kier molecular flexibility index (Phi) is 5.05. The summed E-state index contributed by atoms with van der Waals surface area (Å²) in [5, 5.41) is 2.55. The van der Waals surface area contributed by atoms with Crippen molar-refractivity contribution in [2.24, 2.45) is 0 Å². The lowest BCUT2D eigenvalue weighted by Gasteiger charge is -2.14. The van der Waals surface area contributed by atoms with Crippen LogP contribution in [0.4, 0.5) is 0 Å². The average molecular weight is 404 g/mol. The van der Waals surface area contributed by atoms with E-state index in [4.69, 9.17) is 4.74 Å². The first-order valence-electron chi connectivity index (χ1n) is 10.8. The molecular formula is C29H25NO. The number of aromatic nitrogens is 1. The van der Waals surface area contributed by atoms with Crippen LogP contribution >= 0.6 is 0 Å². The van der Waals surface area contributed by atoms with Crippen molar-refractivity contribution in [3.63, 3.8) is 0 Å². The second-order valence-electron chi connectivity index (χ2n) is 7.74. The third-order valence-corrected chi connectivity index (χ3v) is 5.82. The van der Waals surface area contributed by atoms with Gasteiger partial charge in [-0.05, 0) is 53.9 Å².